The maximum Gasteiger partial charge on any atom is 0.230 e. The monoisotopic (exact) mass is 386 g/mol. The molecule has 5 nitrogen and oxygen atoms in total. The number of ether oxygens (including phenoxy) is 1. The van der Waals surface area contributed by atoms with Gasteiger partial charge in [0, 0.05) is 36.2 Å². The Kier molecular flexibility index (Phi) is 6.01. The number of hydrogen-bond acceptors (Lipinski definition) is 3. The average molecular weight is 387 g/mol. The maximum atomic E-state index is 13.5. The normalized spacial score (nSPS) is 19.2. The van der Waals surface area contributed by atoms with E-state index < -0.39 is 0 Å². The summed E-state index contributed by atoms with van der Waals surface area (Å²) in [5.41, 5.74) is 0.574. The number of piperidine rings is 1. The fourth-order valence-corrected chi connectivity index (χ4v) is 4.10. The van der Waals surface area contributed by atoms with Crippen molar-refractivity contribution in [3.8, 4) is 5.75 Å². The number of carbonyl (C=O) groups is 2. The van der Waals surface area contributed by atoms with E-state index in [2.05, 4.69) is 6.92 Å². The highest BCUT2D eigenvalue weighted by Gasteiger charge is 2.39. The van der Waals surface area contributed by atoms with E-state index in [9.17, 15) is 9.59 Å². The predicted molar refractivity (Wildman–Crippen MR) is 111 cm³/mol. The van der Waals surface area contributed by atoms with Gasteiger partial charge in [0.25, 0.3) is 0 Å². The van der Waals surface area contributed by atoms with Gasteiger partial charge in [-0.3, -0.25) is 9.59 Å². The summed E-state index contributed by atoms with van der Waals surface area (Å²) < 4.78 is 5.27. The molecule has 1 saturated carbocycles. The molecule has 1 aliphatic carbocycles. The Balaban J connectivity index is 1.72. The number of carbonyl (C=O) groups excluding carboxylic acids is 2. The number of hydrogen-bond donors (Lipinski definition) is 0. The highest BCUT2D eigenvalue weighted by molar-refractivity contribution is 5.96. The minimum Gasteiger partial charge on any atom is -0.497 e. The van der Waals surface area contributed by atoms with Gasteiger partial charge in [0.1, 0.15) is 5.75 Å². The third-order valence-corrected chi connectivity index (χ3v) is 6.07. The van der Waals surface area contributed by atoms with E-state index in [0.717, 1.165) is 24.3 Å². The van der Waals surface area contributed by atoms with Crippen LogP contribution in [0.3, 0.4) is 0 Å². The first-order chi connectivity index (χ1) is 13.2. The molecule has 2 fully saturated rings. The molecule has 3 rings (SSSR count). The fourth-order valence-electron chi connectivity index (χ4n) is 4.10. The summed E-state index contributed by atoms with van der Waals surface area (Å²) in [5.74, 6) is 1.74. The molecule has 0 aromatic heterocycles. The molecule has 1 aromatic rings. The first-order valence-corrected chi connectivity index (χ1v) is 10.5. The van der Waals surface area contributed by atoms with Gasteiger partial charge >= 0.3 is 0 Å². The van der Waals surface area contributed by atoms with Gasteiger partial charge in [-0.05, 0) is 62.8 Å². The molecule has 1 atom stereocenters. The number of nitrogens with zero attached hydrogens (tertiary/aromatic N) is 2. The van der Waals surface area contributed by atoms with Crippen molar-refractivity contribution < 1.29 is 14.3 Å². The molecule has 2 amide bonds. The predicted octanol–water partition coefficient (Wildman–Crippen LogP) is 4.11. The van der Waals surface area contributed by atoms with Crippen LogP contribution in [-0.4, -0.2) is 43.0 Å². The number of amides is 2. The second-order valence-electron chi connectivity index (χ2n) is 9.30. The van der Waals surface area contributed by atoms with Crippen molar-refractivity contribution in [2.75, 3.05) is 25.1 Å². The molecule has 0 radical (unpaired) electrons. The molecule has 1 aliphatic heterocycles. The minimum atomic E-state index is -0.369. The topological polar surface area (TPSA) is 49.9 Å². The third-order valence-electron chi connectivity index (χ3n) is 6.07. The van der Waals surface area contributed by atoms with Crippen LogP contribution in [0.2, 0.25) is 0 Å². The van der Waals surface area contributed by atoms with Crippen LogP contribution < -0.4 is 9.64 Å². The molecule has 2 aliphatic rings. The van der Waals surface area contributed by atoms with Crippen LogP contribution in [0.5, 0.6) is 5.75 Å². The zero-order chi connectivity index (χ0) is 20.5. The Morgan fingerprint density at radius 2 is 1.64 bits per heavy atom. The molecule has 1 heterocycles. The Bertz CT molecular complexity index is 696. The van der Waals surface area contributed by atoms with Crippen molar-refractivity contribution in [3.05, 3.63) is 24.3 Å². The van der Waals surface area contributed by atoms with Crippen molar-refractivity contribution >= 4 is 17.5 Å². The van der Waals surface area contributed by atoms with Crippen molar-refractivity contribution in [2.45, 2.75) is 59.4 Å². The van der Waals surface area contributed by atoms with Gasteiger partial charge in [-0.2, -0.15) is 0 Å². The van der Waals surface area contributed by atoms with Gasteiger partial charge in [0.2, 0.25) is 11.8 Å². The molecule has 0 spiro atoms. The van der Waals surface area contributed by atoms with Gasteiger partial charge in [-0.1, -0.05) is 20.8 Å². The number of anilines is 1. The summed E-state index contributed by atoms with van der Waals surface area (Å²) in [4.78, 5) is 30.0. The first-order valence-electron chi connectivity index (χ1n) is 10.5. The minimum absolute atomic E-state index is 0.0210. The van der Waals surface area contributed by atoms with Crippen LogP contribution in [-0.2, 0) is 9.59 Å². The summed E-state index contributed by atoms with van der Waals surface area (Å²) in [6.07, 6.45) is 3.87. The highest BCUT2D eigenvalue weighted by atomic mass is 16.5. The van der Waals surface area contributed by atoms with E-state index in [1.807, 2.05) is 54.8 Å². The lowest BCUT2D eigenvalue weighted by Crippen LogP contribution is -2.49. The summed E-state index contributed by atoms with van der Waals surface area (Å²) in [6, 6.07) is 8.00. The maximum absolute atomic E-state index is 13.5. The van der Waals surface area contributed by atoms with Crippen LogP contribution in [0.4, 0.5) is 5.69 Å². The van der Waals surface area contributed by atoms with E-state index in [4.69, 9.17) is 4.74 Å². The van der Waals surface area contributed by atoms with Crippen LogP contribution in [0.1, 0.15) is 53.4 Å². The molecular weight excluding hydrogens is 352 g/mol. The highest BCUT2D eigenvalue weighted by Crippen LogP contribution is 2.38. The summed E-state index contributed by atoms with van der Waals surface area (Å²) in [6.45, 7) is 9.36. The van der Waals surface area contributed by atoms with Crippen LogP contribution in [0.15, 0.2) is 24.3 Å². The van der Waals surface area contributed by atoms with Crippen molar-refractivity contribution in [3.63, 3.8) is 0 Å². The van der Waals surface area contributed by atoms with E-state index in [0.29, 0.717) is 19.0 Å². The smallest absolute Gasteiger partial charge is 0.230 e. The molecule has 1 unspecified atom stereocenters. The molecule has 0 N–H and O–H groups in total. The molecular formula is C23H34N2O3. The lowest BCUT2D eigenvalue weighted by molar-refractivity contribution is -0.142. The fraction of sp³-hybridized carbons (Fsp3) is 0.652. The summed E-state index contributed by atoms with van der Waals surface area (Å²) in [5, 5.41) is 0. The Morgan fingerprint density at radius 1 is 1.07 bits per heavy atom. The quantitative estimate of drug-likeness (QED) is 0.765. The van der Waals surface area contributed by atoms with E-state index in [1.54, 1.807) is 7.11 Å². The second kappa shape index (κ2) is 8.14. The van der Waals surface area contributed by atoms with E-state index in [-0.39, 0.29) is 29.2 Å². The van der Waals surface area contributed by atoms with Gasteiger partial charge in [-0.15, -0.1) is 0 Å². The molecule has 1 saturated heterocycles. The third kappa shape index (κ3) is 4.50. The molecule has 28 heavy (non-hydrogen) atoms. The molecule has 1 aromatic carbocycles. The van der Waals surface area contributed by atoms with E-state index >= 15 is 0 Å². The van der Waals surface area contributed by atoms with Crippen molar-refractivity contribution in [1.82, 2.24) is 4.90 Å². The van der Waals surface area contributed by atoms with Crippen LogP contribution in [0.25, 0.3) is 0 Å². The Hall–Kier alpha value is -2.04. The number of likely N-dealkylation sites (tertiary alicyclic amines) is 1. The van der Waals surface area contributed by atoms with Crippen LogP contribution in [0, 0.1) is 17.3 Å². The Labute approximate surface area is 169 Å². The van der Waals surface area contributed by atoms with Gasteiger partial charge < -0.3 is 14.5 Å². The number of benzene rings is 1. The molecule has 154 valence electrons. The zero-order valence-electron chi connectivity index (χ0n) is 17.9. The van der Waals surface area contributed by atoms with Crippen molar-refractivity contribution in [2.24, 2.45) is 17.3 Å². The lowest BCUT2D eigenvalue weighted by Gasteiger charge is -2.38. The van der Waals surface area contributed by atoms with E-state index in [1.165, 1.54) is 12.8 Å². The largest absolute Gasteiger partial charge is 0.497 e. The van der Waals surface area contributed by atoms with Crippen molar-refractivity contribution in [1.29, 1.82) is 0 Å². The van der Waals surface area contributed by atoms with Gasteiger partial charge in [-0.25, -0.2) is 0 Å². The zero-order valence-corrected chi connectivity index (χ0v) is 17.9. The summed E-state index contributed by atoms with van der Waals surface area (Å²) >= 11 is 0. The standard InChI is InChI=1S/C23H34N2O3/c1-16(17-6-7-17)25(19-8-10-20(28-5)11-9-19)21(26)18-12-14-24(15-13-18)22(27)23(2,3)4/h8-11,16-18H,6-7,12-15H2,1-5H3. The van der Waals surface area contributed by atoms with Gasteiger partial charge in [0.15, 0.2) is 0 Å². The first kappa shape index (κ1) is 20.7. The van der Waals surface area contributed by atoms with Gasteiger partial charge in [0.05, 0.1) is 7.11 Å². The average Bonchev–Trinajstić information content (AvgIpc) is 3.52. The van der Waals surface area contributed by atoms with Crippen LogP contribution >= 0.6 is 0 Å². The number of methoxy groups -OCH3 is 1. The molecule has 0 bridgehead atoms. The Morgan fingerprint density at radius 3 is 2.11 bits per heavy atom. The number of rotatable bonds is 5. The lowest BCUT2D eigenvalue weighted by atomic mass is 9.90. The summed E-state index contributed by atoms with van der Waals surface area (Å²) in [7, 11) is 1.65. The molecule has 5 heteroatoms. The SMILES string of the molecule is COc1ccc(N(C(=O)C2CCN(C(=O)C(C)(C)C)CC2)C(C)C2CC2)cc1. The second-order valence-corrected chi connectivity index (χ2v) is 9.30.